The number of hydrogen-bond donors (Lipinski definition) is 1. The minimum atomic E-state index is -3.76. The van der Waals surface area contributed by atoms with Gasteiger partial charge in [-0.1, -0.05) is 18.2 Å². The van der Waals surface area contributed by atoms with E-state index in [0.29, 0.717) is 12.1 Å². The van der Waals surface area contributed by atoms with E-state index in [0.717, 1.165) is 34.4 Å². The van der Waals surface area contributed by atoms with Crippen LogP contribution in [-0.4, -0.2) is 32.4 Å². The molecule has 154 valence electrons. The summed E-state index contributed by atoms with van der Waals surface area (Å²) in [5.41, 5.74) is 5.56. The molecule has 1 N–H and O–H groups in total. The molecule has 1 aliphatic rings. The van der Waals surface area contributed by atoms with Crippen LogP contribution in [0.15, 0.2) is 65.8 Å². The van der Waals surface area contributed by atoms with E-state index in [2.05, 4.69) is 15.8 Å². The molecule has 0 atom stereocenters. The van der Waals surface area contributed by atoms with Gasteiger partial charge in [-0.15, -0.1) is 0 Å². The minimum Gasteiger partial charge on any atom is -0.311 e. The zero-order chi connectivity index (χ0) is 21.3. The molecule has 1 aromatic heterocycles. The maximum Gasteiger partial charge on any atom is 0.242 e. The Bertz CT molecular complexity index is 1210. The molecule has 1 aliphatic heterocycles. The van der Waals surface area contributed by atoms with Gasteiger partial charge in [0.05, 0.1) is 11.4 Å². The first-order valence-electron chi connectivity index (χ1n) is 9.76. The third-order valence-corrected chi connectivity index (χ3v) is 6.88. The zero-order valence-electron chi connectivity index (χ0n) is 16.9. The predicted octanol–water partition coefficient (Wildman–Crippen LogP) is 3.23. The molecule has 4 rings (SSSR count). The molecule has 7 heteroatoms. The normalized spacial score (nSPS) is 13.3. The number of rotatable bonds is 5. The summed E-state index contributed by atoms with van der Waals surface area (Å²) in [5, 5.41) is 0. The molecule has 2 aromatic carbocycles. The number of aryl methyl sites for hydroxylation is 2. The van der Waals surface area contributed by atoms with Crippen molar-refractivity contribution < 1.29 is 13.2 Å². The smallest absolute Gasteiger partial charge is 0.242 e. The quantitative estimate of drug-likeness (QED) is 0.686. The molecule has 0 saturated heterocycles. The lowest BCUT2D eigenvalue weighted by Crippen LogP contribution is -2.39. The van der Waals surface area contributed by atoms with Crippen LogP contribution in [-0.2, 0) is 21.2 Å². The summed E-state index contributed by atoms with van der Waals surface area (Å²) in [7, 11) is -3.76. The van der Waals surface area contributed by atoms with Crippen molar-refractivity contribution in [2.24, 2.45) is 0 Å². The third-order valence-electron chi connectivity index (χ3n) is 5.34. The lowest BCUT2D eigenvalue weighted by molar-refractivity contribution is -0.117. The summed E-state index contributed by atoms with van der Waals surface area (Å²) in [5.74, 6) is -0.265. The third kappa shape index (κ3) is 3.99. The second-order valence-electron chi connectivity index (χ2n) is 7.47. The van der Waals surface area contributed by atoms with Gasteiger partial charge in [-0.25, -0.2) is 13.1 Å². The number of anilines is 1. The maximum absolute atomic E-state index is 12.8. The molecule has 0 saturated carbocycles. The van der Waals surface area contributed by atoms with Gasteiger partial charge in [0.2, 0.25) is 15.9 Å². The van der Waals surface area contributed by atoms with Gasteiger partial charge >= 0.3 is 0 Å². The van der Waals surface area contributed by atoms with Gasteiger partial charge < -0.3 is 4.90 Å². The molecule has 0 radical (unpaired) electrons. The molecule has 3 aromatic rings. The topological polar surface area (TPSA) is 79.4 Å². The summed E-state index contributed by atoms with van der Waals surface area (Å²) in [6.07, 6.45) is 4.24. The van der Waals surface area contributed by atoms with Gasteiger partial charge in [-0.3, -0.25) is 9.78 Å². The fraction of sp³-hybridized carbons (Fsp3) is 0.217. The molecule has 1 amide bonds. The number of hydrogen-bond acceptors (Lipinski definition) is 4. The SMILES string of the molecule is Cc1ccc(C)c(S(=O)(=O)NCC(=O)N2CCc3cc(-c4ccncc4)ccc32)c1. The number of carbonyl (C=O) groups is 1. The number of nitrogens with one attached hydrogen (secondary N) is 1. The van der Waals surface area contributed by atoms with Crippen LogP contribution in [0.3, 0.4) is 0 Å². The monoisotopic (exact) mass is 421 g/mol. The summed E-state index contributed by atoms with van der Waals surface area (Å²) in [6, 6.07) is 15.1. The van der Waals surface area contributed by atoms with Crippen LogP contribution in [0.4, 0.5) is 5.69 Å². The van der Waals surface area contributed by atoms with E-state index >= 15 is 0 Å². The molecule has 0 aliphatic carbocycles. The van der Waals surface area contributed by atoms with Crippen molar-refractivity contribution in [2.45, 2.75) is 25.2 Å². The fourth-order valence-electron chi connectivity index (χ4n) is 3.71. The molecular formula is C23H23N3O3S. The number of aromatic nitrogens is 1. The van der Waals surface area contributed by atoms with Gasteiger partial charge in [0, 0.05) is 24.6 Å². The molecule has 0 unspecified atom stereocenters. The van der Waals surface area contributed by atoms with Crippen LogP contribution in [0.2, 0.25) is 0 Å². The molecular weight excluding hydrogens is 398 g/mol. The maximum atomic E-state index is 12.8. The van der Waals surface area contributed by atoms with Crippen LogP contribution >= 0.6 is 0 Å². The average molecular weight is 422 g/mol. The molecule has 0 bridgehead atoms. The van der Waals surface area contributed by atoms with E-state index in [9.17, 15) is 13.2 Å². The zero-order valence-corrected chi connectivity index (χ0v) is 17.7. The predicted molar refractivity (Wildman–Crippen MR) is 117 cm³/mol. The minimum absolute atomic E-state index is 0.208. The molecule has 0 fully saturated rings. The summed E-state index contributed by atoms with van der Waals surface area (Å²) in [4.78, 5) is 18.7. The van der Waals surface area contributed by atoms with Crippen LogP contribution in [0, 0.1) is 13.8 Å². The van der Waals surface area contributed by atoms with Gasteiger partial charge in [0.15, 0.2) is 0 Å². The Balaban J connectivity index is 1.49. The number of pyridine rings is 1. The first-order chi connectivity index (χ1) is 14.3. The van der Waals surface area contributed by atoms with E-state index < -0.39 is 10.0 Å². The van der Waals surface area contributed by atoms with Crippen LogP contribution in [0.1, 0.15) is 16.7 Å². The Labute approximate surface area is 176 Å². The Morgan fingerprint density at radius 1 is 1.03 bits per heavy atom. The van der Waals surface area contributed by atoms with Crippen molar-refractivity contribution in [2.75, 3.05) is 18.0 Å². The van der Waals surface area contributed by atoms with Crippen molar-refractivity contribution in [1.82, 2.24) is 9.71 Å². The second-order valence-corrected chi connectivity index (χ2v) is 9.20. The number of nitrogens with zero attached hydrogens (tertiary/aromatic N) is 2. The lowest BCUT2D eigenvalue weighted by atomic mass is 10.0. The second kappa shape index (κ2) is 8.01. The highest BCUT2D eigenvalue weighted by Gasteiger charge is 2.26. The van der Waals surface area contributed by atoms with Gasteiger partial charge in [-0.05, 0) is 78.4 Å². The van der Waals surface area contributed by atoms with E-state index in [1.54, 1.807) is 36.4 Å². The summed E-state index contributed by atoms with van der Waals surface area (Å²) >= 11 is 0. The number of amides is 1. The van der Waals surface area contributed by atoms with Crippen LogP contribution in [0.25, 0.3) is 11.1 Å². The molecule has 2 heterocycles. The van der Waals surface area contributed by atoms with E-state index in [1.165, 1.54) is 0 Å². The van der Waals surface area contributed by atoms with Crippen LogP contribution in [0.5, 0.6) is 0 Å². The van der Waals surface area contributed by atoms with Gasteiger partial charge in [-0.2, -0.15) is 0 Å². The van der Waals surface area contributed by atoms with Crippen molar-refractivity contribution in [1.29, 1.82) is 0 Å². The van der Waals surface area contributed by atoms with Crippen molar-refractivity contribution in [3.63, 3.8) is 0 Å². The van der Waals surface area contributed by atoms with E-state index in [-0.39, 0.29) is 17.3 Å². The Hall–Kier alpha value is -3.03. The Morgan fingerprint density at radius 2 is 1.80 bits per heavy atom. The van der Waals surface area contributed by atoms with Crippen molar-refractivity contribution >= 4 is 21.6 Å². The first kappa shape index (κ1) is 20.3. The van der Waals surface area contributed by atoms with Crippen molar-refractivity contribution in [3.8, 4) is 11.1 Å². The highest BCUT2D eigenvalue weighted by molar-refractivity contribution is 7.89. The number of benzene rings is 2. The largest absolute Gasteiger partial charge is 0.311 e. The Kier molecular flexibility index (Phi) is 5.40. The standard InChI is InChI=1S/C23H23N3O3S/c1-16-3-4-17(2)22(13-16)30(28,29)25-15-23(27)26-12-9-20-14-19(5-6-21(20)26)18-7-10-24-11-8-18/h3-8,10-11,13-14,25H,9,12,15H2,1-2H3. The summed E-state index contributed by atoms with van der Waals surface area (Å²) < 4.78 is 27.8. The average Bonchev–Trinajstić information content (AvgIpc) is 3.18. The summed E-state index contributed by atoms with van der Waals surface area (Å²) in [6.45, 7) is 3.85. The van der Waals surface area contributed by atoms with E-state index in [4.69, 9.17) is 0 Å². The number of carbonyl (C=O) groups excluding carboxylic acids is 1. The molecule has 30 heavy (non-hydrogen) atoms. The fourth-order valence-corrected chi connectivity index (χ4v) is 5.01. The number of sulfonamides is 1. The van der Waals surface area contributed by atoms with Crippen LogP contribution < -0.4 is 9.62 Å². The van der Waals surface area contributed by atoms with Gasteiger partial charge in [0.1, 0.15) is 0 Å². The highest BCUT2D eigenvalue weighted by Crippen LogP contribution is 2.32. The highest BCUT2D eigenvalue weighted by atomic mass is 32.2. The molecule has 0 spiro atoms. The first-order valence-corrected chi connectivity index (χ1v) is 11.2. The molecule has 6 nitrogen and oxygen atoms in total. The van der Waals surface area contributed by atoms with E-state index in [1.807, 2.05) is 37.3 Å². The van der Waals surface area contributed by atoms with Crippen molar-refractivity contribution in [3.05, 3.63) is 77.6 Å². The van der Waals surface area contributed by atoms with Gasteiger partial charge in [0.25, 0.3) is 0 Å². The Morgan fingerprint density at radius 3 is 2.57 bits per heavy atom. The lowest BCUT2D eigenvalue weighted by Gasteiger charge is -2.18. The number of fused-ring (bicyclic) bond motifs is 1.